The number of aliphatic hydroxyl groups excluding tert-OH is 1. The number of halogens is 2. The summed E-state index contributed by atoms with van der Waals surface area (Å²) in [6, 6.07) is 14.2. The van der Waals surface area contributed by atoms with Crippen LogP contribution in [0.2, 0.25) is 5.02 Å². The Labute approximate surface area is 207 Å². The Balaban J connectivity index is 1.77. The third kappa shape index (κ3) is 5.40. The van der Waals surface area contributed by atoms with Crippen LogP contribution >= 0.6 is 11.6 Å². The van der Waals surface area contributed by atoms with Crippen molar-refractivity contribution < 1.29 is 23.9 Å². The molecule has 0 spiro atoms. The maximum Gasteiger partial charge on any atom is 0.277 e. The van der Waals surface area contributed by atoms with Crippen LogP contribution in [-0.4, -0.2) is 48.7 Å². The summed E-state index contributed by atoms with van der Waals surface area (Å²) in [5.74, 6) is -0.676. The van der Waals surface area contributed by atoms with Gasteiger partial charge in [0.1, 0.15) is 19.1 Å². The zero-order valence-electron chi connectivity index (χ0n) is 19.1. The third-order valence-corrected chi connectivity index (χ3v) is 5.67. The van der Waals surface area contributed by atoms with E-state index in [1.165, 1.54) is 12.4 Å². The summed E-state index contributed by atoms with van der Waals surface area (Å²) >= 11 is 6.33. The predicted molar refractivity (Wildman–Crippen MR) is 135 cm³/mol. The molecule has 1 amide bonds. The first kappa shape index (κ1) is 24.5. The topological polar surface area (TPSA) is 97.6 Å². The molecule has 0 unspecified atom stereocenters. The lowest BCUT2D eigenvalue weighted by Gasteiger charge is -2.16. The van der Waals surface area contributed by atoms with Gasteiger partial charge in [0.15, 0.2) is 5.82 Å². The van der Waals surface area contributed by atoms with E-state index in [1.807, 2.05) is 38.2 Å². The molecule has 3 aromatic carbocycles. The second-order valence-corrected chi connectivity index (χ2v) is 8.22. The number of rotatable bonds is 9. The molecule has 35 heavy (non-hydrogen) atoms. The van der Waals surface area contributed by atoms with Crippen molar-refractivity contribution in [2.45, 2.75) is 6.54 Å². The number of aliphatic hydroxyl groups is 1. The summed E-state index contributed by atoms with van der Waals surface area (Å²) < 4.78 is 22.7. The second-order valence-electron chi connectivity index (χ2n) is 7.81. The van der Waals surface area contributed by atoms with E-state index >= 15 is 4.39 Å². The molecule has 0 aliphatic rings. The van der Waals surface area contributed by atoms with Crippen LogP contribution in [0.15, 0.2) is 54.9 Å². The second kappa shape index (κ2) is 10.8. The van der Waals surface area contributed by atoms with Gasteiger partial charge in [0, 0.05) is 6.54 Å². The van der Waals surface area contributed by atoms with Crippen molar-refractivity contribution in [2.24, 2.45) is 0 Å². The molecular formula is C24H23BClFN4O4. The van der Waals surface area contributed by atoms with E-state index in [4.69, 9.17) is 26.3 Å². The normalized spacial score (nSPS) is 11.0. The molecule has 1 aromatic heterocycles. The van der Waals surface area contributed by atoms with Crippen molar-refractivity contribution in [3.05, 3.63) is 76.8 Å². The summed E-state index contributed by atoms with van der Waals surface area (Å²) in [5.41, 5.74) is 4.95. The van der Waals surface area contributed by atoms with Gasteiger partial charge >= 0.3 is 0 Å². The highest BCUT2D eigenvalue weighted by molar-refractivity contribution is 6.37. The fourth-order valence-corrected chi connectivity index (χ4v) is 3.87. The van der Waals surface area contributed by atoms with E-state index in [0.717, 1.165) is 16.8 Å². The number of benzene rings is 3. The van der Waals surface area contributed by atoms with Crippen LogP contribution in [0, 0.1) is 5.82 Å². The third-order valence-electron chi connectivity index (χ3n) is 5.36. The monoisotopic (exact) mass is 496 g/mol. The highest BCUT2D eigenvalue weighted by Gasteiger charge is 2.23. The number of carbonyl (C=O) groups excluding carboxylic acids is 1. The van der Waals surface area contributed by atoms with Crippen molar-refractivity contribution in [1.82, 2.24) is 15.0 Å². The largest absolute Gasteiger partial charge is 0.497 e. The van der Waals surface area contributed by atoms with E-state index in [-0.39, 0.29) is 30.0 Å². The molecule has 180 valence electrons. The van der Waals surface area contributed by atoms with Gasteiger partial charge in [0.2, 0.25) is 0 Å². The van der Waals surface area contributed by atoms with Crippen molar-refractivity contribution in [3.8, 4) is 5.75 Å². The molecule has 0 aliphatic heterocycles. The van der Waals surface area contributed by atoms with Gasteiger partial charge < -0.3 is 19.7 Å². The molecule has 0 saturated carbocycles. The zero-order valence-corrected chi connectivity index (χ0v) is 19.9. The molecule has 0 fully saturated rings. The molecule has 0 radical (unpaired) electrons. The Hall–Kier alpha value is -3.60. The fraction of sp³-hybridized carbons (Fsp3) is 0.167. The van der Waals surface area contributed by atoms with Gasteiger partial charge in [-0.15, -0.1) is 0 Å². The number of hydrogen-bond donors (Lipinski definition) is 3. The Morgan fingerprint density at radius 2 is 2.00 bits per heavy atom. The van der Waals surface area contributed by atoms with Crippen molar-refractivity contribution in [1.29, 1.82) is 0 Å². The first-order valence-corrected chi connectivity index (χ1v) is 11.2. The van der Waals surface area contributed by atoms with Gasteiger partial charge in [-0.05, 0) is 35.9 Å². The number of nitrogens with one attached hydrogen (secondary N) is 2. The molecular weight excluding hydrogens is 474 g/mol. The summed E-state index contributed by atoms with van der Waals surface area (Å²) in [5, 5.41) is 12.2. The molecule has 3 N–H and O–H groups in total. The summed E-state index contributed by atoms with van der Waals surface area (Å²) in [7, 11) is 3.47. The molecule has 4 aromatic rings. The lowest BCUT2D eigenvalue weighted by Crippen LogP contribution is -2.26. The van der Waals surface area contributed by atoms with E-state index in [1.54, 1.807) is 23.8 Å². The minimum Gasteiger partial charge on any atom is -0.497 e. The van der Waals surface area contributed by atoms with Crippen molar-refractivity contribution >= 4 is 53.2 Å². The minimum atomic E-state index is -0.708. The number of carbonyl (C=O) groups is 1. The minimum absolute atomic E-state index is 0.0129. The number of ether oxygens (including phenoxy) is 1. The van der Waals surface area contributed by atoms with Crippen molar-refractivity contribution in [2.75, 3.05) is 25.6 Å². The number of imidazole rings is 1. The number of anilines is 2. The highest BCUT2D eigenvalue weighted by atomic mass is 35.5. The molecule has 0 atom stereocenters. The predicted octanol–water partition coefficient (Wildman–Crippen LogP) is 2.54. The Morgan fingerprint density at radius 1 is 1.23 bits per heavy atom. The molecule has 4 rings (SSSR count). The van der Waals surface area contributed by atoms with Crippen LogP contribution in [0.3, 0.4) is 0 Å². The number of aromatic nitrogens is 2. The van der Waals surface area contributed by atoms with Gasteiger partial charge in [-0.25, -0.2) is 14.9 Å². The number of amides is 1. The van der Waals surface area contributed by atoms with Gasteiger partial charge in [-0.3, -0.25) is 9.63 Å². The summed E-state index contributed by atoms with van der Waals surface area (Å²) in [4.78, 5) is 22.1. The molecule has 1 heterocycles. The van der Waals surface area contributed by atoms with Gasteiger partial charge in [0.25, 0.3) is 5.91 Å². The van der Waals surface area contributed by atoms with Crippen LogP contribution in [0.25, 0.3) is 11.0 Å². The lowest BCUT2D eigenvalue weighted by molar-refractivity contribution is 0.0169. The van der Waals surface area contributed by atoms with Gasteiger partial charge in [-0.2, -0.15) is 0 Å². The Bertz CT molecular complexity index is 1360. The molecule has 11 heteroatoms. The van der Waals surface area contributed by atoms with E-state index in [2.05, 4.69) is 15.8 Å². The van der Waals surface area contributed by atoms with Gasteiger partial charge in [0.05, 0.1) is 54.1 Å². The van der Waals surface area contributed by atoms with Crippen LogP contribution in [-0.2, 0) is 11.4 Å². The maximum atomic E-state index is 15.8. The van der Waals surface area contributed by atoms with E-state index < -0.39 is 11.7 Å². The first-order valence-electron chi connectivity index (χ1n) is 10.8. The zero-order chi connectivity index (χ0) is 24.9. The average Bonchev–Trinajstić information content (AvgIpc) is 3.25. The van der Waals surface area contributed by atoms with Gasteiger partial charge in [-0.1, -0.05) is 35.3 Å². The standard InChI is InChI=1S/C24H23BClFN4O4/c1-34-16-5-2-14(3-6-16)12-31-13-28-23-20(31)11-17(24(33)30-35-9-8-32)22(21(23)27)29-19-7-4-15(25)10-18(19)26/h2-7,10-11,13,29,32H,8-9,12,25H2,1H3,(H,30,33). The van der Waals surface area contributed by atoms with Crippen LogP contribution in [0.4, 0.5) is 15.8 Å². The maximum absolute atomic E-state index is 15.8. The summed E-state index contributed by atoms with van der Waals surface area (Å²) in [6.45, 7) is 0.00335. The average molecular weight is 497 g/mol. The number of fused-ring (bicyclic) bond motifs is 1. The number of methoxy groups -OCH3 is 1. The molecule has 0 aliphatic carbocycles. The Morgan fingerprint density at radius 3 is 2.69 bits per heavy atom. The SMILES string of the molecule is Bc1ccc(Nc2c(C(=O)NOCCO)cc3c(ncn3Cc3ccc(OC)cc3)c2F)c(Cl)c1. The van der Waals surface area contributed by atoms with Crippen molar-refractivity contribution in [3.63, 3.8) is 0 Å². The number of hydroxylamine groups is 1. The number of nitrogens with zero attached hydrogens (tertiary/aromatic N) is 2. The van der Waals surface area contributed by atoms with E-state index in [9.17, 15) is 4.79 Å². The highest BCUT2D eigenvalue weighted by Crippen LogP contribution is 2.33. The quantitative estimate of drug-likeness (QED) is 0.187. The Kier molecular flexibility index (Phi) is 7.55. The van der Waals surface area contributed by atoms with E-state index in [0.29, 0.717) is 22.8 Å². The first-order chi connectivity index (χ1) is 16.9. The smallest absolute Gasteiger partial charge is 0.277 e. The molecule has 8 nitrogen and oxygen atoms in total. The van der Waals surface area contributed by atoms with Crippen LogP contribution < -0.4 is 21.0 Å². The fourth-order valence-electron chi connectivity index (χ4n) is 3.59. The molecule has 0 bridgehead atoms. The molecule has 0 saturated heterocycles. The summed E-state index contributed by atoms with van der Waals surface area (Å²) in [6.07, 6.45) is 1.52. The van der Waals surface area contributed by atoms with Crippen LogP contribution in [0.1, 0.15) is 15.9 Å². The lowest BCUT2D eigenvalue weighted by atomic mass is 9.96. The number of hydrogen-bond acceptors (Lipinski definition) is 6. The van der Waals surface area contributed by atoms with Crippen LogP contribution in [0.5, 0.6) is 5.75 Å².